The summed E-state index contributed by atoms with van der Waals surface area (Å²) in [4.78, 5) is 27.3. The Morgan fingerprint density at radius 1 is 1.39 bits per heavy atom. The number of hydrogen-bond donors (Lipinski definition) is 2. The smallest absolute Gasteiger partial charge is 0.267 e. The third-order valence-electron chi connectivity index (χ3n) is 4.55. The Bertz CT molecular complexity index is 384. The van der Waals surface area contributed by atoms with Crippen LogP contribution in [-0.4, -0.2) is 31.1 Å². The van der Waals surface area contributed by atoms with E-state index in [1.54, 1.807) is 0 Å². The second kappa shape index (κ2) is 4.46. The van der Waals surface area contributed by atoms with Gasteiger partial charge in [-0.05, 0) is 50.8 Å². The van der Waals surface area contributed by atoms with Crippen molar-refractivity contribution in [1.82, 2.24) is 5.32 Å². The maximum atomic E-state index is 12.4. The Morgan fingerprint density at radius 3 is 2.39 bits per heavy atom. The summed E-state index contributed by atoms with van der Waals surface area (Å²) < 4.78 is 0. The van der Waals surface area contributed by atoms with Crippen LogP contribution in [0.2, 0.25) is 0 Å². The van der Waals surface area contributed by atoms with Crippen molar-refractivity contribution in [2.45, 2.75) is 45.1 Å². The zero-order chi connectivity index (χ0) is 13.4. The molecule has 0 bridgehead atoms. The van der Waals surface area contributed by atoms with E-state index in [1.807, 2.05) is 0 Å². The van der Waals surface area contributed by atoms with E-state index in [2.05, 4.69) is 24.0 Å². The summed E-state index contributed by atoms with van der Waals surface area (Å²) in [7, 11) is 0. The van der Waals surface area contributed by atoms with Crippen LogP contribution in [-0.2, 0) is 9.59 Å². The molecule has 100 valence electrons. The van der Waals surface area contributed by atoms with Crippen molar-refractivity contribution >= 4 is 18.5 Å². The van der Waals surface area contributed by atoms with Gasteiger partial charge in [-0.15, -0.1) is 0 Å². The van der Waals surface area contributed by atoms with E-state index in [0.717, 1.165) is 25.7 Å². The fourth-order valence-electron chi connectivity index (χ4n) is 2.73. The Hall–Kier alpha value is -1.23. The number of nitrogens with two attached hydrogens (primary N) is 1. The van der Waals surface area contributed by atoms with Gasteiger partial charge in [-0.1, -0.05) is 6.92 Å². The fourth-order valence-corrected chi connectivity index (χ4v) is 2.73. The van der Waals surface area contributed by atoms with E-state index in [4.69, 9.17) is 5.73 Å². The van der Waals surface area contributed by atoms with Crippen molar-refractivity contribution in [3.05, 3.63) is 0 Å². The highest BCUT2D eigenvalue weighted by molar-refractivity contribution is 5.93. The van der Waals surface area contributed by atoms with Crippen molar-refractivity contribution in [3.8, 4) is 0 Å². The summed E-state index contributed by atoms with van der Waals surface area (Å²) in [6.45, 7) is 5.72. The van der Waals surface area contributed by atoms with Crippen molar-refractivity contribution in [2.75, 3.05) is 6.54 Å². The van der Waals surface area contributed by atoms with Crippen LogP contribution < -0.4 is 11.1 Å². The summed E-state index contributed by atoms with van der Waals surface area (Å²) in [5.41, 5.74) is 5.37. The quantitative estimate of drug-likeness (QED) is 0.679. The molecular weight excluding hydrogens is 230 g/mol. The van der Waals surface area contributed by atoms with Crippen LogP contribution in [0.25, 0.3) is 0 Å². The first-order chi connectivity index (χ1) is 8.49. The van der Waals surface area contributed by atoms with E-state index in [0.29, 0.717) is 13.0 Å². The van der Waals surface area contributed by atoms with Gasteiger partial charge in [0.15, 0.2) is 0 Å². The van der Waals surface area contributed by atoms with Gasteiger partial charge in [0.2, 0.25) is 5.91 Å². The topological polar surface area (TPSA) is 84.6 Å². The van der Waals surface area contributed by atoms with Gasteiger partial charge in [0.05, 0.1) is 5.41 Å². The molecule has 2 aliphatic carbocycles. The number of aliphatic imine (C=N–C) groups is 1. The van der Waals surface area contributed by atoms with E-state index >= 15 is 0 Å². The van der Waals surface area contributed by atoms with Crippen molar-refractivity contribution in [2.24, 2.45) is 21.6 Å². The molecular formula is C13H21N3O2. The molecule has 0 aromatic carbocycles. The average molecular weight is 251 g/mol. The molecule has 2 rings (SSSR count). The lowest BCUT2D eigenvalue weighted by molar-refractivity contribution is -0.132. The molecule has 0 aliphatic heterocycles. The van der Waals surface area contributed by atoms with Gasteiger partial charge < -0.3 is 11.1 Å². The standard InChI is InChI=1S/C13H21N3O2/c1-12(4-5-12)13(6-7-13)11(18)16-9(3-8-14)10(17)15-2/h9H,2-8,14H2,1H3,(H,16,18)/t9-/m0/s1. The van der Waals surface area contributed by atoms with Crippen LogP contribution in [0.15, 0.2) is 4.99 Å². The van der Waals surface area contributed by atoms with Crippen LogP contribution >= 0.6 is 0 Å². The van der Waals surface area contributed by atoms with E-state index in [-0.39, 0.29) is 16.7 Å². The maximum absolute atomic E-state index is 12.4. The summed E-state index contributed by atoms with van der Waals surface area (Å²) in [6.07, 6.45) is 4.49. The molecule has 0 aromatic heterocycles. The van der Waals surface area contributed by atoms with Crippen LogP contribution in [0.5, 0.6) is 0 Å². The number of nitrogens with one attached hydrogen (secondary N) is 1. The van der Waals surface area contributed by atoms with Gasteiger partial charge in [0.1, 0.15) is 6.04 Å². The number of hydrogen-bond acceptors (Lipinski definition) is 3. The van der Waals surface area contributed by atoms with Crippen LogP contribution in [0.1, 0.15) is 39.0 Å². The summed E-state index contributed by atoms with van der Waals surface area (Å²) in [5, 5.41) is 2.82. The number of carbonyl (C=O) groups excluding carboxylic acids is 2. The normalized spacial score (nSPS) is 23.9. The number of rotatable bonds is 6. The van der Waals surface area contributed by atoms with Gasteiger partial charge in [0, 0.05) is 0 Å². The lowest BCUT2D eigenvalue weighted by Crippen LogP contribution is -2.46. The average Bonchev–Trinajstić information content (AvgIpc) is 3.22. The van der Waals surface area contributed by atoms with Gasteiger partial charge in [0.25, 0.3) is 5.91 Å². The molecule has 2 saturated carbocycles. The number of amides is 2. The fraction of sp³-hybridized carbons (Fsp3) is 0.769. The minimum absolute atomic E-state index is 0.00190. The predicted octanol–water partition coefficient (Wildman–Crippen LogP) is 0.627. The number of nitrogens with zero attached hydrogens (tertiary/aromatic N) is 1. The summed E-state index contributed by atoms with van der Waals surface area (Å²) in [6, 6.07) is -0.611. The van der Waals surface area contributed by atoms with E-state index in [1.165, 1.54) is 0 Å². The Balaban J connectivity index is 2.01. The third-order valence-corrected chi connectivity index (χ3v) is 4.55. The maximum Gasteiger partial charge on any atom is 0.267 e. The first-order valence-corrected chi connectivity index (χ1v) is 6.51. The summed E-state index contributed by atoms with van der Waals surface area (Å²) in [5.74, 6) is -0.400. The molecule has 0 unspecified atom stereocenters. The number of carbonyl (C=O) groups is 2. The minimum atomic E-state index is -0.611. The zero-order valence-electron chi connectivity index (χ0n) is 10.9. The molecule has 0 heterocycles. The van der Waals surface area contributed by atoms with E-state index in [9.17, 15) is 9.59 Å². The highest BCUT2D eigenvalue weighted by Crippen LogP contribution is 2.70. The Morgan fingerprint density at radius 2 is 2.00 bits per heavy atom. The van der Waals surface area contributed by atoms with Gasteiger partial charge >= 0.3 is 0 Å². The third kappa shape index (κ3) is 2.07. The van der Waals surface area contributed by atoms with Crippen molar-refractivity contribution in [3.63, 3.8) is 0 Å². The molecule has 3 N–H and O–H groups in total. The second-order valence-corrected chi connectivity index (χ2v) is 5.74. The molecule has 0 radical (unpaired) electrons. The molecule has 0 spiro atoms. The molecule has 1 atom stereocenters. The highest BCUT2D eigenvalue weighted by Gasteiger charge is 2.66. The monoisotopic (exact) mass is 251 g/mol. The van der Waals surface area contributed by atoms with Crippen LogP contribution in [0.4, 0.5) is 0 Å². The lowest BCUT2D eigenvalue weighted by atomic mass is 9.86. The van der Waals surface area contributed by atoms with Crippen LogP contribution in [0.3, 0.4) is 0 Å². The molecule has 2 fully saturated rings. The summed E-state index contributed by atoms with van der Waals surface area (Å²) >= 11 is 0. The lowest BCUT2D eigenvalue weighted by Gasteiger charge is -2.24. The largest absolute Gasteiger partial charge is 0.344 e. The molecule has 5 nitrogen and oxygen atoms in total. The first kappa shape index (κ1) is 13.2. The van der Waals surface area contributed by atoms with Crippen LogP contribution in [0, 0.1) is 10.8 Å². The molecule has 2 aliphatic rings. The van der Waals surface area contributed by atoms with E-state index < -0.39 is 11.9 Å². The van der Waals surface area contributed by atoms with Crippen molar-refractivity contribution < 1.29 is 9.59 Å². The van der Waals surface area contributed by atoms with Gasteiger partial charge in [-0.2, -0.15) is 0 Å². The zero-order valence-corrected chi connectivity index (χ0v) is 10.9. The van der Waals surface area contributed by atoms with Gasteiger partial charge in [-0.3, -0.25) is 9.59 Å². The van der Waals surface area contributed by atoms with Gasteiger partial charge in [-0.25, -0.2) is 4.99 Å². The molecule has 18 heavy (non-hydrogen) atoms. The van der Waals surface area contributed by atoms with Crippen molar-refractivity contribution in [1.29, 1.82) is 0 Å². The highest BCUT2D eigenvalue weighted by atomic mass is 16.2. The molecule has 0 saturated heterocycles. The predicted molar refractivity (Wildman–Crippen MR) is 69.2 cm³/mol. The molecule has 5 heteroatoms. The Labute approximate surface area is 107 Å². The first-order valence-electron chi connectivity index (χ1n) is 6.51. The molecule has 0 aromatic rings. The SMILES string of the molecule is C=NC(=O)[C@H](CCN)NC(=O)C1(C2(C)CC2)CC1. The Kier molecular flexibility index (Phi) is 3.27. The minimum Gasteiger partial charge on any atom is -0.344 e. The molecule has 2 amide bonds. The second-order valence-electron chi connectivity index (χ2n) is 5.74.